The first-order valence-corrected chi connectivity index (χ1v) is 30.8. The minimum absolute atomic E-state index is 0.652. The first-order chi connectivity index (χ1) is 25.3. The van der Waals surface area contributed by atoms with Gasteiger partial charge in [0.25, 0.3) is 0 Å². The third kappa shape index (κ3) is 6.21. The fourth-order valence-corrected chi connectivity index (χ4v) is 15.1. The van der Waals surface area contributed by atoms with Crippen LogP contribution in [0.4, 0.5) is 0 Å². The van der Waals surface area contributed by atoms with Gasteiger partial charge in [-0.2, -0.15) is 0 Å². The van der Waals surface area contributed by atoms with Gasteiger partial charge in [-0.25, -0.2) is 0 Å². The van der Waals surface area contributed by atoms with Gasteiger partial charge in [-0.05, 0) is 96.5 Å². The number of hydrogen-bond acceptors (Lipinski definition) is 8. The van der Waals surface area contributed by atoms with Crippen molar-refractivity contribution in [2.45, 2.75) is 106 Å². The lowest BCUT2D eigenvalue weighted by atomic mass is 9.88. The van der Waals surface area contributed by atoms with E-state index < -0.39 is 34.2 Å². The highest BCUT2D eigenvalue weighted by Gasteiger charge is 2.43. The molecule has 0 saturated heterocycles. The molecule has 286 valence electrons. The molecule has 8 bridgehead atoms. The lowest BCUT2D eigenvalue weighted by molar-refractivity contribution is 0.363. The molecular formula is C41H51ClO8Si4. The van der Waals surface area contributed by atoms with Gasteiger partial charge in [0.05, 0.1) is 0 Å². The second-order valence-electron chi connectivity index (χ2n) is 17.0. The molecule has 0 saturated carbocycles. The van der Waals surface area contributed by atoms with E-state index in [1.165, 1.54) is 6.38 Å². The van der Waals surface area contributed by atoms with Crippen molar-refractivity contribution < 1.29 is 35.4 Å². The minimum atomic E-state index is -2.77. The molecule has 4 heterocycles. The van der Waals surface area contributed by atoms with Gasteiger partial charge in [0.1, 0.15) is 46.0 Å². The van der Waals surface area contributed by atoms with Crippen LogP contribution in [-0.4, -0.2) is 40.6 Å². The van der Waals surface area contributed by atoms with Gasteiger partial charge in [-0.1, -0.05) is 0 Å². The van der Waals surface area contributed by atoms with Crippen LogP contribution in [0.1, 0.15) is 66.8 Å². The van der Waals surface area contributed by atoms with E-state index in [2.05, 4.69) is 116 Å². The van der Waals surface area contributed by atoms with E-state index in [1.54, 1.807) is 0 Å². The molecule has 4 aromatic carbocycles. The summed E-state index contributed by atoms with van der Waals surface area (Å²) in [6.45, 7) is 25.4. The van der Waals surface area contributed by atoms with Crippen molar-refractivity contribution in [1.82, 2.24) is 0 Å². The van der Waals surface area contributed by atoms with Crippen LogP contribution in [0.3, 0.4) is 0 Å². The summed E-state index contributed by atoms with van der Waals surface area (Å²) in [6, 6.07) is 9.29. The molecule has 0 radical (unpaired) electrons. The van der Waals surface area contributed by atoms with Crippen molar-refractivity contribution in [2.24, 2.45) is 0 Å². The Morgan fingerprint density at radius 1 is 0.315 bits per heavy atom. The first kappa shape index (κ1) is 37.4. The van der Waals surface area contributed by atoms with Gasteiger partial charge in [0.15, 0.2) is 0 Å². The number of benzene rings is 4. The number of alkyl halides is 1. The van der Waals surface area contributed by atoms with Crippen molar-refractivity contribution in [3.8, 4) is 46.0 Å². The highest BCUT2D eigenvalue weighted by molar-refractivity contribution is 6.67. The zero-order valence-electron chi connectivity index (χ0n) is 33.8. The molecule has 0 aromatic heterocycles. The summed E-state index contributed by atoms with van der Waals surface area (Å²) in [5.74, 6) is 6.91. The van der Waals surface area contributed by atoms with Crippen molar-refractivity contribution in [3.63, 3.8) is 0 Å². The highest BCUT2D eigenvalue weighted by Crippen LogP contribution is 2.51. The van der Waals surface area contributed by atoms with E-state index in [-0.39, 0.29) is 0 Å². The molecule has 4 aromatic rings. The SMILES string of the molecule is CCl.Cc1c2c3cc4c1O[Si](C)(C)Oc1c(cc5c(c1C)O[Si](C)(C)Oc1c(cc6c(c1C)O[Si](C)(C)Oc1c(cc(c(c1C)O[Si](C)(C)O2)C3)C6)C5)C4. The Hall–Kier alpha value is -3.56. The molecule has 9 rings (SSSR count). The van der Waals surface area contributed by atoms with Crippen LogP contribution in [0.25, 0.3) is 0 Å². The average molecular weight is 820 g/mol. The summed E-state index contributed by atoms with van der Waals surface area (Å²) in [5.41, 5.74) is 13.1. The Kier molecular flexibility index (Phi) is 8.63. The van der Waals surface area contributed by atoms with E-state index >= 15 is 0 Å². The third-order valence-corrected chi connectivity index (χ3v) is 16.3. The molecule has 0 spiro atoms. The monoisotopic (exact) mass is 818 g/mol. The molecule has 8 nitrogen and oxygen atoms in total. The normalized spacial score (nSPS) is 19.3. The van der Waals surface area contributed by atoms with Crippen LogP contribution in [0.15, 0.2) is 24.3 Å². The second kappa shape index (κ2) is 12.5. The van der Waals surface area contributed by atoms with Crippen LogP contribution in [0.2, 0.25) is 52.4 Å². The lowest BCUT2D eigenvalue weighted by Crippen LogP contribution is -2.46. The molecule has 0 atom stereocenters. The lowest BCUT2D eigenvalue weighted by Gasteiger charge is -2.38. The van der Waals surface area contributed by atoms with Crippen LogP contribution >= 0.6 is 11.6 Å². The predicted octanol–water partition coefficient (Wildman–Crippen LogP) is 10.3. The first-order valence-electron chi connectivity index (χ1n) is 18.8. The van der Waals surface area contributed by atoms with E-state index in [0.29, 0.717) is 25.7 Å². The smallest absolute Gasteiger partial charge is 0.454 e. The molecule has 13 heteroatoms. The van der Waals surface area contributed by atoms with Crippen molar-refractivity contribution in [2.75, 3.05) is 6.38 Å². The van der Waals surface area contributed by atoms with Crippen molar-refractivity contribution in [1.29, 1.82) is 0 Å². The number of hydrogen-bond donors (Lipinski definition) is 0. The predicted molar refractivity (Wildman–Crippen MR) is 223 cm³/mol. The Bertz CT molecular complexity index is 1840. The fraction of sp³-hybridized carbons (Fsp3) is 0.415. The average Bonchev–Trinajstić information content (AvgIpc) is 3.06. The molecule has 54 heavy (non-hydrogen) atoms. The second-order valence-corrected chi connectivity index (χ2v) is 29.9. The zero-order chi connectivity index (χ0) is 38.9. The number of rotatable bonds is 0. The molecular weight excluding hydrogens is 768 g/mol. The Balaban J connectivity index is 0.00000203. The Labute approximate surface area is 329 Å². The van der Waals surface area contributed by atoms with E-state index in [9.17, 15) is 0 Å². The van der Waals surface area contributed by atoms with Crippen LogP contribution < -0.4 is 35.4 Å². The zero-order valence-corrected chi connectivity index (χ0v) is 38.5. The highest BCUT2D eigenvalue weighted by atomic mass is 35.5. The maximum atomic E-state index is 6.98. The van der Waals surface area contributed by atoms with E-state index in [1.807, 2.05) is 0 Å². The molecule has 0 fully saturated rings. The van der Waals surface area contributed by atoms with Crippen molar-refractivity contribution >= 4 is 45.8 Å². The van der Waals surface area contributed by atoms with Gasteiger partial charge in [0.2, 0.25) is 0 Å². The van der Waals surface area contributed by atoms with E-state index in [4.69, 9.17) is 35.4 Å². The van der Waals surface area contributed by atoms with Gasteiger partial charge in [-0.15, -0.1) is 11.6 Å². The molecule has 4 aliphatic heterocycles. The number of halogens is 1. The maximum Gasteiger partial charge on any atom is 0.454 e. The van der Waals surface area contributed by atoms with Crippen LogP contribution in [0.5, 0.6) is 46.0 Å². The molecule has 0 amide bonds. The maximum absolute atomic E-state index is 6.98. The minimum Gasteiger partial charge on any atom is -0.511 e. The molecule has 0 N–H and O–H groups in total. The van der Waals surface area contributed by atoms with Crippen LogP contribution in [-0.2, 0) is 25.7 Å². The topological polar surface area (TPSA) is 73.8 Å². The Morgan fingerprint density at radius 2 is 0.444 bits per heavy atom. The summed E-state index contributed by atoms with van der Waals surface area (Å²) in [7, 11) is -11.1. The van der Waals surface area contributed by atoms with Crippen molar-refractivity contribution in [3.05, 3.63) is 91.0 Å². The quantitative estimate of drug-likeness (QED) is 0.113. The Morgan fingerprint density at radius 3 is 0.574 bits per heavy atom. The summed E-state index contributed by atoms with van der Waals surface area (Å²) < 4.78 is 55.8. The standard InChI is InChI=1S/C40H48O8Si4.CH3Cl/c1-21-33-25-13-26-18-28-15-30-20-32-16-31-19-29-14-27(17-25)35(43-49(5,6)41-33)22(2)37(29)45-51(9,10)47-39(31)24(4)40(32)48-52(11,12)46-38(30)23(3)36(28)44-50(7,8)42-34(21)26;1-2/h13-16H,17-20H2,1-12H3;1H3. The molecule has 1 aliphatic carbocycles. The molecule has 0 unspecified atom stereocenters. The summed E-state index contributed by atoms with van der Waals surface area (Å²) in [4.78, 5) is 0. The van der Waals surface area contributed by atoms with Gasteiger partial charge >= 0.3 is 34.2 Å². The van der Waals surface area contributed by atoms with Gasteiger partial charge in [-0.3, -0.25) is 0 Å². The van der Waals surface area contributed by atoms with Gasteiger partial charge in [0, 0.05) is 107 Å². The fourth-order valence-electron chi connectivity index (χ4n) is 8.76. The summed E-state index contributed by atoms with van der Waals surface area (Å²) >= 11 is 4.64. The largest absolute Gasteiger partial charge is 0.511 e. The summed E-state index contributed by atoms with van der Waals surface area (Å²) in [5, 5.41) is 0. The van der Waals surface area contributed by atoms with Crippen LogP contribution in [0, 0.1) is 27.7 Å². The van der Waals surface area contributed by atoms with E-state index in [0.717, 1.165) is 113 Å². The third-order valence-electron chi connectivity index (χ3n) is 10.8. The van der Waals surface area contributed by atoms with Gasteiger partial charge < -0.3 is 35.4 Å². The summed E-state index contributed by atoms with van der Waals surface area (Å²) in [6.07, 6.45) is 4.08. The molecule has 5 aliphatic rings.